The van der Waals surface area contributed by atoms with Gasteiger partial charge >= 0.3 is 6.18 Å². The van der Waals surface area contributed by atoms with Crippen LogP contribution in [0.5, 0.6) is 0 Å². The minimum absolute atomic E-state index is 0.0356. The maximum absolute atomic E-state index is 13.4. The molecule has 1 saturated carbocycles. The summed E-state index contributed by atoms with van der Waals surface area (Å²) in [7, 11) is 0. The van der Waals surface area contributed by atoms with Crippen molar-refractivity contribution >= 4 is 23.4 Å². The summed E-state index contributed by atoms with van der Waals surface area (Å²) in [6, 6.07) is 5.76. The highest BCUT2D eigenvalue weighted by Crippen LogP contribution is 2.45. The number of rotatable bonds is 2. The largest absolute Gasteiger partial charge is 0.416 e. The van der Waals surface area contributed by atoms with Crippen LogP contribution >= 0.6 is 11.8 Å². The number of amides is 1. The van der Waals surface area contributed by atoms with Crippen LogP contribution in [0.2, 0.25) is 0 Å². The second-order valence-corrected chi connectivity index (χ2v) is 8.42. The van der Waals surface area contributed by atoms with Crippen molar-refractivity contribution in [2.45, 2.75) is 54.1 Å². The lowest BCUT2D eigenvalue weighted by molar-refractivity contribution is -0.137. The monoisotopic (exact) mass is 407 g/mol. The summed E-state index contributed by atoms with van der Waals surface area (Å²) in [5, 5.41) is 2.77. The number of fused-ring (bicyclic) bond motifs is 2. The van der Waals surface area contributed by atoms with Crippen LogP contribution in [-0.4, -0.2) is 16.9 Å². The van der Waals surface area contributed by atoms with E-state index in [0.29, 0.717) is 29.7 Å². The third kappa shape index (κ3) is 3.89. The summed E-state index contributed by atoms with van der Waals surface area (Å²) in [6.45, 7) is 0. The van der Waals surface area contributed by atoms with Gasteiger partial charge in [0.1, 0.15) is 0 Å². The van der Waals surface area contributed by atoms with Gasteiger partial charge in [0.25, 0.3) is 0 Å². The number of benzene rings is 1. The fraction of sp³-hybridized carbons (Fsp3) is 0.400. The van der Waals surface area contributed by atoms with Crippen LogP contribution in [0.3, 0.4) is 0 Å². The van der Waals surface area contributed by atoms with Gasteiger partial charge in [-0.05, 0) is 49.1 Å². The molecule has 0 bridgehead atoms. The Kier molecular flexibility index (Phi) is 5.09. The fourth-order valence-electron chi connectivity index (χ4n) is 3.83. The zero-order valence-corrected chi connectivity index (χ0v) is 15.9. The van der Waals surface area contributed by atoms with Gasteiger partial charge in [-0.15, -0.1) is 0 Å². The molecule has 2 aromatic rings. The Hall–Kier alpha value is -2.06. The molecule has 1 aliphatic heterocycles. The van der Waals surface area contributed by atoms with Crippen molar-refractivity contribution in [3.05, 3.63) is 47.3 Å². The first-order valence-electron chi connectivity index (χ1n) is 9.23. The highest BCUT2D eigenvalue weighted by molar-refractivity contribution is 7.99. The molecule has 2 heterocycles. The van der Waals surface area contributed by atoms with E-state index in [9.17, 15) is 18.0 Å². The molecule has 1 aromatic heterocycles. The quantitative estimate of drug-likeness (QED) is 0.651. The van der Waals surface area contributed by atoms with Crippen LogP contribution in [0.4, 0.5) is 18.9 Å². The van der Waals surface area contributed by atoms with Crippen molar-refractivity contribution in [2.24, 2.45) is 11.7 Å². The van der Waals surface area contributed by atoms with Crippen LogP contribution in [0, 0.1) is 5.92 Å². The second kappa shape index (κ2) is 7.40. The molecule has 2 aliphatic rings. The van der Waals surface area contributed by atoms with Crippen LogP contribution in [0.15, 0.2) is 40.3 Å². The molecule has 28 heavy (non-hydrogen) atoms. The number of nitrogens with one attached hydrogen (secondary N) is 1. The summed E-state index contributed by atoms with van der Waals surface area (Å²) in [6.07, 6.45) is 0.560. The van der Waals surface area contributed by atoms with Crippen LogP contribution in [-0.2, 0) is 17.4 Å². The summed E-state index contributed by atoms with van der Waals surface area (Å²) >= 11 is 1.26. The average Bonchev–Trinajstić information content (AvgIpc) is 2.65. The van der Waals surface area contributed by atoms with Gasteiger partial charge in [0.05, 0.1) is 11.3 Å². The zero-order chi connectivity index (χ0) is 19.9. The van der Waals surface area contributed by atoms with Crippen molar-refractivity contribution in [1.82, 2.24) is 4.98 Å². The number of aromatic nitrogens is 1. The van der Waals surface area contributed by atoms with Crippen LogP contribution < -0.4 is 11.1 Å². The third-order valence-corrected chi connectivity index (χ3v) is 6.47. The number of carbonyl (C=O) groups excluding carboxylic acids is 1. The summed E-state index contributed by atoms with van der Waals surface area (Å²) in [4.78, 5) is 18.4. The van der Waals surface area contributed by atoms with Crippen molar-refractivity contribution in [2.75, 3.05) is 5.32 Å². The van der Waals surface area contributed by atoms with E-state index in [2.05, 4.69) is 10.3 Å². The van der Waals surface area contributed by atoms with E-state index >= 15 is 0 Å². The number of alkyl halides is 3. The van der Waals surface area contributed by atoms with E-state index in [1.54, 1.807) is 12.3 Å². The van der Waals surface area contributed by atoms with Crippen molar-refractivity contribution in [1.29, 1.82) is 0 Å². The summed E-state index contributed by atoms with van der Waals surface area (Å²) in [5.41, 5.74) is 6.90. The third-order valence-electron chi connectivity index (χ3n) is 5.29. The Morgan fingerprint density at radius 1 is 1.25 bits per heavy atom. The number of pyridine rings is 1. The number of nitrogens with zero attached hydrogens (tertiary/aromatic N) is 1. The molecule has 4 nitrogen and oxygen atoms in total. The molecule has 4 rings (SSSR count). The zero-order valence-electron chi connectivity index (χ0n) is 15.1. The van der Waals surface area contributed by atoms with Gasteiger partial charge in [-0.3, -0.25) is 9.78 Å². The van der Waals surface area contributed by atoms with Gasteiger partial charge in [0.2, 0.25) is 5.91 Å². The first kappa shape index (κ1) is 19.3. The van der Waals surface area contributed by atoms with Crippen molar-refractivity contribution < 1.29 is 18.0 Å². The molecule has 1 aromatic carbocycles. The van der Waals surface area contributed by atoms with E-state index < -0.39 is 11.7 Å². The van der Waals surface area contributed by atoms with Gasteiger partial charge in [0.15, 0.2) is 0 Å². The maximum atomic E-state index is 13.4. The Morgan fingerprint density at radius 2 is 2.07 bits per heavy atom. The Labute approximate surface area is 165 Å². The first-order chi connectivity index (χ1) is 13.3. The lowest BCUT2D eigenvalue weighted by Gasteiger charge is -2.27. The Balaban J connectivity index is 1.69. The molecule has 2 unspecified atom stereocenters. The SMILES string of the molecule is NC1CCCC(C(=O)Nc2cc(C(F)(F)F)cc3c2Cc2ncccc2S3)C1. The molecule has 1 amide bonds. The highest BCUT2D eigenvalue weighted by Gasteiger charge is 2.34. The molecule has 148 valence electrons. The van der Waals surface area contributed by atoms with Gasteiger partial charge in [-0.1, -0.05) is 18.2 Å². The van der Waals surface area contributed by atoms with E-state index in [1.807, 2.05) is 6.07 Å². The van der Waals surface area contributed by atoms with Crippen molar-refractivity contribution in [3.63, 3.8) is 0 Å². The lowest BCUT2D eigenvalue weighted by Crippen LogP contribution is -2.34. The van der Waals surface area contributed by atoms with E-state index in [-0.39, 0.29) is 23.6 Å². The van der Waals surface area contributed by atoms with Crippen molar-refractivity contribution in [3.8, 4) is 0 Å². The molecule has 1 aliphatic carbocycles. The molecular weight excluding hydrogens is 387 g/mol. The van der Waals surface area contributed by atoms with Gasteiger partial charge in [0, 0.05) is 40.1 Å². The minimum atomic E-state index is -4.49. The van der Waals surface area contributed by atoms with Gasteiger partial charge < -0.3 is 11.1 Å². The standard InChI is InChI=1S/C20H20F3N3OS/c21-20(22,23)12-8-15(26-19(27)11-3-1-4-13(24)7-11)14-10-16-17(5-2-6-25-16)28-18(14)9-12/h2,5-6,8-9,11,13H,1,3-4,7,10,24H2,(H,26,27). The molecule has 0 spiro atoms. The average molecular weight is 407 g/mol. The molecular formula is C20H20F3N3OS. The molecule has 1 fully saturated rings. The fourth-order valence-corrected chi connectivity index (χ4v) is 4.95. The number of hydrogen-bond acceptors (Lipinski definition) is 4. The molecule has 0 radical (unpaired) electrons. The first-order valence-corrected chi connectivity index (χ1v) is 10.0. The maximum Gasteiger partial charge on any atom is 0.416 e. The number of halogens is 3. The number of anilines is 1. The Morgan fingerprint density at radius 3 is 2.82 bits per heavy atom. The summed E-state index contributed by atoms with van der Waals surface area (Å²) < 4.78 is 40.3. The highest BCUT2D eigenvalue weighted by atomic mass is 32.2. The number of carbonyl (C=O) groups is 1. The van der Waals surface area contributed by atoms with Crippen LogP contribution in [0.25, 0.3) is 0 Å². The van der Waals surface area contributed by atoms with Gasteiger partial charge in [-0.25, -0.2) is 0 Å². The smallest absolute Gasteiger partial charge is 0.328 e. The minimum Gasteiger partial charge on any atom is -0.328 e. The van der Waals surface area contributed by atoms with E-state index in [0.717, 1.165) is 35.6 Å². The molecule has 8 heteroatoms. The predicted molar refractivity (Wildman–Crippen MR) is 101 cm³/mol. The molecule has 0 saturated heterocycles. The number of nitrogens with two attached hydrogens (primary N) is 1. The van der Waals surface area contributed by atoms with E-state index in [4.69, 9.17) is 5.73 Å². The topological polar surface area (TPSA) is 68.0 Å². The van der Waals surface area contributed by atoms with Crippen LogP contribution in [0.1, 0.15) is 42.5 Å². The lowest BCUT2D eigenvalue weighted by atomic mass is 9.85. The Bertz CT molecular complexity index is 916. The van der Waals surface area contributed by atoms with Gasteiger partial charge in [-0.2, -0.15) is 13.2 Å². The molecule has 3 N–H and O–H groups in total. The number of hydrogen-bond donors (Lipinski definition) is 2. The predicted octanol–water partition coefficient (Wildman–Crippen LogP) is 4.61. The normalized spacial score (nSPS) is 21.6. The summed E-state index contributed by atoms with van der Waals surface area (Å²) in [5.74, 6) is -0.524. The van der Waals surface area contributed by atoms with E-state index in [1.165, 1.54) is 11.8 Å². The molecule has 2 atom stereocenters. The second-order valence-electron chi connectivity index (χ2n) is 7.34.